The van der Waals surface area contributed by atoms with Gasteiger partial charge in [-0.25, -0.2) is 8.42 Å². The molecule has 0 atom stereocenters. The van der Waals surface area contributed by atoms with Crippen LogP contribution >= 0.6 is 0 Å². The second kappa shape index (κ2) is 11.3. The number of Topliss-reactive ketones (excluding diaryl/α,β-unsaturated/α-hetero) is 1. The average Bonchev–Trinajstić information content (AvgIpc) is 2.60. The molecule has 0 aliphatic carbocycles. The zero-order chi connectivity index (χ0) is 20.3. The third kappa shape index (κ3) is 9.27. The fraction of sp³-hybridized carbons (Fsp3) is 0.667. The molecule has 0 unspecified atom stereocenters. The van der Waals surface area contributed by atoms with Gasteiger partial charge in [0.2, 0.25) is 0 Å². The first-order chi connectivity index (χ1) is 12.7. The first kappa shape index (κ1) is 23.5. The SMILES string of the molecule is CCCCOc1ccc(NCC(=O)CCCCCS(=O)(=O)C(C)(C)C)cc1. The number of nitrogens with one attached hydrogen (secondary N) is 1. The molecule has 0 fully saturated rings. The maximum Gasteiger partial charge on any atom is 0.155 e. The van der Waals surface area contributed by atoms with Crippen LogP contribution in [0.25, 0.3) is 0 Å². The molecule has 27 heavy (non-hydrogen) atoms. The number of ether oxygens (including phenoxy) is 1. The Kier molecular flexibility index (Phi) is 9.84. The van der Waals surface area contributed by atoms with Crippen molar-refractivity contribution in [3.63, 3.8) is 0 Å². The predicted octanol–water partition coefficient (Wildman–Crippen LogP) is 4.62. The summed E-state index contributed by atoms with van der Waals surface area (Å²) < 4.78 is 28.9. The highest BCUT2D eigenvalue weighted by Gasteiger charge is 2.27. The molecule has 0 spiro atoms. The number of carbonyl (C=O) groups excluding carboxylic acids is 1. The molecule has 0 aliphatic rings. The first-order valence-corrected chi connectivity index (χ1v) is 11.5. The van der Waals surface area contributed by atoms with Gasteiger partial charge in [-0.05, 0) is 64.3 Å². The average molecular weight is 398 g/mol. The zero-order valence-corrected chi connectivity index (χ0v) is 18.0. The lowest BCUT2D eigenvalue weighted by Gasteiger charge is -2.18. The summed E-state index contributed by atoms with van der Waals surface area (Å²) in [6, 6.07) is 7.62. The van der Waals surface area contributed by atoms with E-state index >= 15 is 0 Å². The number of rotatable bonds is 13. The van der Waals surface area contributed by atoms with Crippen LogP contribution in [0.1, 0.15) is 66.2 Å². The number of hydrogen-bond donors (Lipinski definition) is 1. The standard InChI is InChI=1S/C21H35NO4S/c1-5-6-15-26-20-13-11-18(12-14-20)22-17-19(23)10-8-7-9-16-27(24,25)21(2,3)4/h11-14,22H,5-10,15-17H2,1-4H3. The van der Waals surface area contributed by atoms with E-state index in [0.29, 0.717) is 12.8 Å². The van der Waals surface area contributed by atoms with Crippen LogP contribution in [-0.2, 0) is 14.6 Å². The minimum absolute atomic E-state index is 0.136. The maximum absolute atomic E-state index is 12.0. The van der Waals surface area contributed by atoms with E-state index in [2.05, 4.69) is 12.2 Å². The van der Waals surface area contributed by atoms with E-state index in [9.17, 15) is 13.2 Å². The molecule has 0 radical (unpaired) electrons. The van der Waals surface area contributed by atoms with Crippen molar-refractivity contribution in [1.29, 1.82) is 0 Å². The highest BCUT2D eigenvalue weighted by Crippen LogP contribution is 2.18. The molecule has 0 amide bonds. The molecular weight excluding hydrogens is 362 g/mol. The van der Waals surface area contributed by atoms with Gasteiger partial charge in [0.1, 0.15) is 5.75 Å². The van der Waals surface area contributed by atoms with Crippen molar-refractivity contribution in [3.8, 4) is 5.75 Å². The number of unbranched alkanes of at least 4 members (excludes halogenated alkanes) is 3. The fourth-order valence-corrected chi connectivity index (χ4v) is 3.59. The lowest BCUT2D eigenvalue weighted by Crippen LogP contribution is -2.30. The van der Waals surface area contributed by atoms with Gasteiger partial charge in [-0.15, -0.1) is 0 Å². The molecule has 1 rings (SSSR count). The third-order valence-corrected chi connectivity index (χ3v) is 7.10. The van der Waals surface area contributed by atoms with E-state index in [4.69, 9.17) is 4.74 Å². The van der Waals surface area contributed by atoms with Gasteiger partial charge >= 0.3 is 0 Å². The Balaban J connectivity index is 2.20. The van der Waals surface area contributed by atoms with Gasteiger partial charge in [0.05, 0.1) is 23.7 Å². The molecule has 1 aromatic carbocycles. The third-order valence-electron chi connectivity index (χ3n) is 4.41. The van der Waals surface area contributed by atoms with Crippen LogP contribution in [0.2, 0.25) is 0 Å². The molecule has 1 aromatic rings. The van der Waals surface area contributed by atoms with E-state index in [0.717, 1.165) is 43.7 Å². The lowest BCUT2D eigenvalue weighted by molar-refractivity contribution is -0.117. The molecule has 0 aromatic heterocycles. The predicted molar refractivity (Wildman–Crippen MR) is 112 cm³/mol. The van der Waals surface area contributed by atoms with E-state index in [1.807, 2.05) is 24.3 Å². The summed E-state index contributed by atoms with van der Waals surface area (Å²) in [7, 11) is -3.06. The summed E-state index contributed by atoms with van der Waals surface area (Å²) >= 11 is 0. The van der Waals surface area contributed by atoms with Crippen LogP contribution < -0.4 is 10.1 Å². The number of hydrogen-bond acceptors (Lipinski definition) is 5. The molecule has 0 saturated carbocycles. The van der Waals surface area contributed by atoms with Gasteiger partial charge in [-0.1, -0.05) is 19.8 Å². The van der Waals surface area contributed by atoms with Gasteiger partial charge in [0.25, 0.3) is 0 Å². The molecule has 6 heteroatoms. The molecule has 0 bridgehead atoms. The van der Waals surface area contributed by atoms with Crippen molar-refractivity contribution in [2.45, 2.75) is 71.0 Å². The Hall–Kier alpha value is -1.56. The van der Waals surface area contributed by atoms with Crippen LogP contribution in [0.5, 0.6) is 5.75 Å². The Morgan fingerprint density at radius 1 is 1.04 bits per heavy atom. The van der Waals surface area contributed by atoms with Gasteiger partial charge < -0.3 is 10.1 Å². The van der Waals surface area contributed by atoms with Crippen molar-refractivity contribution < 1.29 is 17.9 Å². The van der Waals surface area contributed by atoms with Crippen LogP contribution in [0.4, 0.5) is 5.69 Å². The summed E-state index contributed by atoms with van der Waals surface area (Å²) in [4.78, 5) is 12.0. The van der Waals surface area contributed by atoms with E-state index < -0.39 is 14.6 Å². The molecule has 1 N–H and O–H groups in total. The zero-order valence-electron chi connectivity index (χ0n) is 17.2. The van der Waals surface area contributed by atoms with Crippen molar-refractivity contribution >= 4 is 21.3 Å². The lowest BCUT2D eigenvalue weighted by atomic mass is 10.1. The highest BCUT2D eigenvalue weighted by molar-refractivity contribution is 7.92. The topological polar surface area (TPSA) is 72.5 Å². The van der Waals surface area contributed by atoms with Gasteiger partial charge in [0, 0.05) is 12.1 Å². The molecule has 0 aliphatic heterocycles. The van der Waals surface area contributed by atoms with E-state index in [1.54, 1.807) is 20.8 Å². The number of carbonyl (C=O) groups is 1. The molecule has 0 saturated heterocycles. The molecule has 0 heterocycles. The minimum Gasteiger partial charge on any atom is -0.494 e. The van der Waals surface area contributed by atoms with Crippen LogP contribution in [0, 0.1) is 0 Å². The normalized spacial score (nSPS) is 12.0. The summed E-state index contributed by atoms with van der Waals surface area (Å²) in [5.41, 5.74) is 0.891. The summed E-state index contributed by atoms with van der Waals surface area (Å²) in [5.74, 6) is 1.16. The molecule has 154 valence electrons. The minimum atomic E-state index is -3.06. The van der Waals surface area contributed by atoms with Crippen LogP contribution in [-0.4, -0.2) is 37.9 Å². The Morgan fingerprint density at radius 2 is 1.70 bits per heavy atom. The van der Waals surface area contributed by atoms with Crippen LogP contribution in [0.15, 0.2) is 24.3 Å². The maximum atomic E-state index is 12.0. The number of sulfone groups is 1. The summed E-state index contributed by atoms with van der Waals surface area (Å²) in [6.07, 6.45) is 4.71. The fourth-order valence-electron chi connectivity index (χ4n) is 2.39. The van der Waals surface area contributed by atoms with Crippen molar-refractivity contribution in [2.75, 3.05) is 24.2 Å². The van der Waals surface area contributed by atoms with Gasteiger partial charge in [-0.2, -0.15) is 0 Å². The Labute approximate surface area is 164 Å². The molecule has 5 nitrogen and oxygen atoms in total. The Morgan fingerprint density at radius 3 is 2.30 bits per heavy atom. The van der Waals surface area contributed by atoms with E-state index in [1.165, 1.54) is 0 Å². The smallest absolute Gasteiger partial charge is 0.155 e. The van der Waals surface area contributed by atoms with E-state index in [-0.39, 0.29) is 18.1 Å². The van der Waals surface area contributed by atoms with Gasteiger partial charge in [-0.3, -0.25) is 4.79 Å². The van der Waals surface area contributed by atoms with Crippen molar-refractivity contribution in [3.05, 3.63) is 24.3 Å². The number of anilines is 1. The highest BCUT2D eigenvalue weighted by atomic mass is 32.2. The Bertz CT molecular complexity index is 660. The second-order valence-corrected chi connectivity index (χ2v) is 10.7. The number of ketones is 1. The summed E-state index contributed by atoms with van der Waals surface area (Å²) in [6.45, 7) is 8.31. The molecular formula is C21H35NO4S. The van der Waals surface area contributed by atoms with Gasteiger partial charge in [0.15, 0.2) is 15.6 Å². The number of benzene rings is 1. The van der Waals surface area contributed by atoms with Crippen LogP contribution in [0.3, 0.4) is 0 Å². The first-order valence-electron chi connectivity index (χ1n) is 9.86. The second-order valence-electron chi connectivity index (χ2n) is 7.86. The quantitative estimate of drug-likeness (QED) is 0.492. The van der Waals surface area contributed by atoms with Crippen molar-refractivity contribution in [1.82, 2.24) is 0 Å². The largest absolute Gasteiger partial charge is 0.494 e. The summed E-state index contributed by atoms with van der Waals surface area (Å²) in [5, 5.41) is 3.12. The monoisotopic (exact) mass is 397 g/mol. The van der Waals surface area contributed by atoms with Crippen molar-refractivity contribution in [2.24, 2.45) is 0 Å².